The van der Waals surface area contributed by atoms with E-state index in [2.05, 4.69) is 10.1 Å². The standard InChI is InChI=1S/C11H17NO4/c1-15-11(14)9-5-8(6-12-9)16-10(13)7-3-2-4-7/h7-9,12H,2-6H2,1H3/t8-,9-/m0/s1. The Bertz CT molecular complexity index is 288. The molecule has 0 unspecified atom stereocenters. The van der Waals surface area contributed by atoms with E-state index in [9.17, 15) is 9.59 Å². The van der Waals surface area contributed by atoms with Crippen LogP contribution in [0.2, 0.25) is 0 Å². The highest BCUT2D eigenvalue weighted by Crippen LogP contribution is 2.28. The Hall–Kier alpha value is -1.10. The van der Waals surface area contributed by atoms with E-state index in [1.807, 2.05) is 0 Å². The van der Waals surface area contributed by atoms with Gasteiger partial charge in [0.05, 0.1) is 13.0 Å². The summed E-state index contributed by atoms with van der Waals surface area (Å²) >= 11 is 0. The van der Waals surface area contributed by atoms with Crippen LogP contribution in [-0.4, -0.2) is 37.7 Å². The monoisotopic (exact) mass is 227 g/mol. The second kappa shape index (κ2) is 4.82. The summed E-state index contributed by atoms with van der Waals surface area (Å²) < 4.78 is 9.96. The zero-order valence-corrected chi connectivity index (χ0v) is 9.40. The molecule has 1 N–H and O–H groups in total. The predicted molar refractivity (Wildman–Crippen MR) is 55.6 cm³/mol. The highest BCUT2D eigenvalue weighted by Gasteiger charge is 2.35. The van der Waals surface area contributed by atoms with Crippen LogP contribution < -0.4 is 5.32 Å². The van der Waals surface area contributed by atoms with E-state index in [4.69, 9.17) is 4.74 Å². The lowest BCUT2D eigenvalue weighted by Gasteiger charge is -2.24. The number of ether oxygens (including phenoxy) is 2. The van der Waals surface area contributed by atoms with E-state index in [1.54, 1.807) is 0 Å². The fraction of sp³-hybridized carbons (Fsp3) is 0.818. The summed E-state index contributed by atoms with van der Waals surface area (Å²) in [4.78, 5) is 22.8. The molecule has 2 atom stereocenters. The van der Waals surface area contributed by atoms with Crippen LogP contribution in [0.1, 0.15) is 25.7 Å². The zero-order valence-electron chi connectivity index (χ0n) is 9.40. The number of rotatable bonds is 3. The maximum absolute atomic E-state index is 11.6. The Morgan fingerprint density at radius 2 is 2.00 bits per heavy atom. The highest BCUT2D eigenvalue weighted by molar-refractivity contribution is 5.76. The Balaban J connectivity index is 1.75. The van der Waals surface area contributed by atoms with Crippen LogP contribution in [0.4, 0.5) is 0 Å². The Morgan fingerprint density at radius 1 is 1.25 bits per heavy atom. The molecule has 0 aromatic rings. The first kappa shape index (κ1) is 11.4. The summed E-state index contributed by atoms with van der Waals surface area (Å²) in [6.07, 6.45) is 3.34. The second-order valence-electron chi connectivity index (χ2n) is 4.41. The summed E-state index contributed by atoms with van der Waals surface area (Å²) in [7, 11) is 1.36. The van der Waals surface area contributed by atoms with Gasteiger partial charge in [-0.2, -0.15) is 0 Å². The predicted octanol–water partition coefficient (Wildman–Crippen LogP) is 0.233. The van der Waals surface area contributed by atoms with Gasteiger partial charge in [-0.3, -0.25) is 9.59 Å². The molecule has 5 nitrogen and oxygen atoms in total. The van der Waals surface area contributed by atoms with E-state index in [-0.39, 0.29) is 30.0 Å². The second-order valence-corrected chi connectivity index (χ2v) is 4.41. The quantitative estimate of drug-likeness (QED) is 0.699. The van der Waals surface area contributed by atoms with Crippen LogP contribution in [0.3, 0.4) is 0 Å². The van der Waals surface area contributed by atoms with Gasteiger partial charge in [0, 0.05) is 13.0 Å². The van der Waals surface area contributed by atoms with Crippen LogP contribution in [0.25, 0.3) is 0 Å². The third kappa shape index (κ3) is 2.35. The van der Waals surface area contributed by atoms with Crippen LogP contribution >= 0.6 is 0 Å². The molecule has 0 aromatic heterocycles. The maximum atomic E-state index is 11.6. The van der Waals surface area contributed by atoms with Gasteiger partial charge in [0.25, 0.3) is 0 Å². The van der Waals surface area contributed by atoms with Crippen LogP contribution in [0.5, 0.6) is 0 Å². The minimum Gasteiger partial charge on any atom is -0.468 e. The van der Waals surface area contributed by atoms with Crippen molar-refractivity contribution in [2.24, 2.45) is 5.92 Å². The lowest BCUT2D eigenvalue weighted by atomic mass is 9.86. The Labute approximate surface area is 94.5 Å². The van der Waals surface area contributed by atoms with E-state index in [1.165, 1.54) is 7.11 Å². The van der Waals surface area contributed by atoms with Crippen molar-refractivity contribution in [3.8, 4) is 0 Å². The molecule has 16 heavy (non-hydrogen) atoms. The van der Waals surface area contributed by atoms with Crippen molar-refractivity contribution < 1.29 is 19.1 Å². The molecule has 2 aliphatic rings. The van der Waals surface area contributed by atoms with Gasteiger partial charge in [0.15, 0.2) is 0 Å². The molecule has 1 aliphatic heterocycles. The minimum absolute atomic E-state index is 0.0946. The molecule has 0 bridgehead atoms. The third-order valence-electron chi connectivity index (χ3n) is 3.30. The first-order valence-electron chi connectivity index (χ1n) is 5.72. The lowest BCUT2D eigenvalue weighted by Crippen LogP contribution is -2.31. The number of carbonyl (C=O) groups is 2. The molecule has 1 saturated heterocycles. The SMILES string of the molecule is COC(=O)[C@@H]1C[C@H](OC(=O)C2CCC2)CN1. The van der Waals surface area contributed by atoms with E-state index in [0.29, 0.717) is 13.0 Å². The Kier molecular flexibility index (Phi) is 3.43. The van der Waals surface area contributed by atoms with Crippen molar-refractivity contribution in [1.82, 2.24) is 5.32 Å². The van der Waals surface area contributed by atoms with Gasteiger partial charge in [-0.15, -0.1) is 0 Å². The average molecular weight is 227 g/mol. The van der Waals surface area contributed by atoms with Crippen molar-refractivity contribution >= 4 is 11.9 Å². The molecule has 1 heterocycles. The average Bonchev–Trinajstić information content (AvgIpc) is 2.62. The summed E-state index contributed by atoms with van der Waals surface area (Å²) in [5.41, 5.74) is 0. The normalized spacial score (nSPS) is 29.6. The summed E-state index contributed by atoms with van der Waals surface area (Å²) in [5, 5.41) is 2.99. The molecule has 1 aliphatic carbocycles. The summed E-state index contributed by atoms with van der Waals surface area (Å²) in [6.45, 7) is 0.540. The molecule has 1 saturated carbocycles. The van der Waals surface area contributed by atoms with Crippen LogP contribution in [-0.2, 0) is 19.1 Å². The molecule has 5 heteroatoms. The molecular formula is C11H17NO4. The number of esters is 2. The fourth-order valence-corrected chi connectivity index (χ4v) is 2.02. The smallest absolute Gasteiger partial charge is 0.323 e. The number of hydrogen-bond acceptors (Lipinski definition) is 5. The molecule has 0 spiro atoms. The maximum Gasteiger partial charge on any atom is 0.323 e. The van der Waals surface area contributed by atoms with Gasteiger partial charge in [-0.1, -0.05) is 6.42 Å². The van der Waals surface area contributed by atoms with Crippen molar-refractivity contribution in [3.05, 3.63) is 0 Å². The minimum atomic E-state index is -0.329. The molecule has 2 rings (SSSR count). The first-order chi connectivity index (χ1) is 7.70. The van der Waals surface area contributed by atoms with Gasteiger partial charge < -0.3 is 14.8 Å². The molecule has 2 fully saturated rings. The highest BCUT2D eigenvalue weighted by atomic mass is 16.5. The number of carbonyl (C=O) groups excluding carboxylic acids is 2. The van der Waals surface area contributed by atoms with Crippen molar-refractivity contribution in [3.63, 3.8) is 0 Å². The van der Waals surface area contributed by atoms with Crippen LogP contribution in [0.15, 0.2) is 0 Å². The lowest BCUT2D eigenvalue weighted by molar-refractivity contribution is -0.156. The fourth-order valence-electron chi connectivity index (χ4n) is 2.02. The molecular weight excluding hydrogens is 210 g/mol. The van der Waals surface area contributed by atoms with Gasteiger partial charge in [-0.25, -0.2) is 0 Å². The van der Waals surface area contributed by atoms with E-state index in [0.717, 1.165) is 19.3 Å². The molecule has 0 radical (unpaired) electrons. The molecule has 90 valence electrons. The van der Waals surface area contributed by atoms with Crippen molar-refractivity contribution in [1.29, 1.82) is 0 Å². The Morgan fingerprint density at radius 3 is 2.56 bits per heavy atom. The van der Waals surface area contributed by atoms with Gasteiger partial charge in [0.2, 0.25) is 0 Å². The van der Waals surface area contributed by atoms with E-state index < -0.39 is 0 Å². The van der Waals surface area contributed by atoms with Gasteiger partial charge in [-0.05, 0) is 12.8 Å². The van der Waals surface area contributed by atoms with Crippen LogP contribution in [0, 0.1) is 5.92 Å². The largest absolute Gasteiger partial charge is 0.468 e. The van der Waals surface area contributed by atoms with E-state index >= 15 is 0 Å². The first-order valence-corrected chi connectivity index (χ1v) is 5.72. The molecule has 0 aromatic carbocycles. The van der Waals surface area contributed by atoms with Gasteiger partial charge >= 0.3 is 11.9 Å². The van der Waals surface area contributed by atoms with Gasteiger partial charge in [0.1, 0.15) is 12.1 Å². The number of hydrogen-bond donors (Lipinski definition) is 1. The summed E-state index contributed by atoms with van der Waals surface area (Å²) in [6, 6.07) is -0.329. The third-order valence-corrected chi connectivity index (χ3v) is 3.30. The molecule has 0 amide bonds. The number of nitrogens with one attached hydrogen (secondary N) is 1. The zero-order chi connectivity index (χ0) is 11.5. The number of methoxy groups -OCH3 is 1. The summed E-state index contributed by atoms with van der Waals surface area (Å²) in [5.74, 6) is -0.303. The topological polar surface area (TPSA) is 64.6 Å². The van der Waals surface area contributed by atoms with Crippen molar-refractivity contribution in [2.75, 3.05) is 13.7 Å². The van der Waals surface area contributed by atoms with Crippen molar-refractivity contribution in [2.45, 2.75) is 37.8 Å².